The number of hydrogen-bond donors (Lipinski definition) is 0. The summed E-state index contributed by atoms with van der Waals surface area (Å²) >= 11 is 7.60. The van der Waals surface area contributed by atoms with Crippen molar-refractivity contribution in [2.24, 2.45) is 10.9 Å². The first-order valence-corrected chi connectivity index (χ1v) is 8.73. The van der Waals surface area contributed by atoms with Crippen LogP contribution in [0.5, 0.6) is 0 Å². The van der Waals surface area contributed by atoms with Crippen LogP contribution in [0.2, 0.25) is 5.02 Å². The number of ether oxygens (including phenoxy) is 1. The smallest absolute Gasteiger partial charge is 0.326 e. The average Bonchev–Trinajstić information content (AvgIpc) is 3.29. The Morgan fingerprint density at radius 2 is 2.17 bits per heavy atom. The number of hydrogen-bond acceptors (Lipinski definition) is 4. The number of aromatic nitrogens is 1. The highest BCUT2D eigenvalue weighted by molar-refractivity contribution is 7.16. The fourth-order valence-electron chi connectivity index (χ4n) is 2.40. The molecule has 7 heteroatoms. The lowest BCUT2D eigenvalue weighted by atomic mass is 10.2. The Bertz CT molecular complexity index is 849. The van der Waals surface area contributed by atoms with E-state index in [1.807, 2.05) is 19.1 Å². The summed E-state index contributed by atoms with van der Waals surface area (Å²) in [6.45, 7) is 3.99. The number of carbonyl (C=O) groups excluding carboxylic acids is 2. The van der Waals surface area contributed by atoms with E-state index in [2.05, 4.69) is 4.99 Å². The van der Waals surface area contributed by atoms with E-state index in [0.29, 0.717) is 16.4 Å². The Labute approximate surface area is 142 Å². The van der Waals surface area contributed by atoms with Crippen LogP contribution in [-0.2, 0) is 20.9 Å². The molecule has 0 radical (unpaired) electrons. The van der Waals surface area contributed by atoms with Gasteiger partial charge >= 0.3 is 5.97 Å². The number of rotatable bonds is 4. The third-order valence-corrected chi connectivity index (χ3v) is 5.21. The van der Waals surface area contributed by atoms with Crippen molar-refractivity contribution >= 4 is 45.0 Å². The molecule has 1 aliphatic rings. The molecule has 1 saturated carbocycles. The van der Waals surface area contributed by atoms with E-state index in [1.54, 1.807) is 11.5 Å². The second-order valence-electron chi connectivity index (χ2n) is 5.52. The van der Waals surface area contributed by atoms with Crippen LogP contribution in [0.4, 0.5) is 0 Å². The molecule has 5 nitrogen and oxygen atoms in total. The summed E-state index contributed by atoms with van der Waals surface area (Å²) in [5, 5.41) is 0.618. The van der Waals surface area contributed by atoms with Crippen LogP contribution < -0.4 is 4.80 Å². The first kappa shape index (κ1) is 16.2. The number of nitrogens with zero attached hydrogens (tertiary/aromatic N) is 2. The number of benzene rings is 1. The minimum absolute atomic E-state index is 0.0196. The molecule has 1 aromatic carbocycles. The molecule has 1 aliphatic carbocycles. The van der Waals surface area contributed by atoms with E-state index in [9.17, 15) is 9.59 Å². The topological polar surface area (TPSA) is 60.7 Å². The summed E-state index contributed by atoms with van der Waals surface area (Å²) in [6, 6.07) is 3.70. The molecule has 0 saturated heterocycles. The third-order valence-electron chi connectivity index (χ3n) is 3.75. The zero-order valence-corrected chi connectivity index (χ0v) is 14.5. The zero-order valence-electron chi connectivity index (χ0n) is 13.0. The van der Waals surface area contributed by atoms with Crippen LogP contribution in [0.1, 0.15) is 25.3 Å². The number of fused-ring (bicyclic) bond motifs is 1. The molecule has 23 heavy (non-hydrogen) atoms. The van der Waals surface area contributed by atoms with Crippen molar-refractivity contribution in [3.05, 3.63) is 27.5 Å². The number of thiazole rings is 1. The number of esters is 1. The van der Waals surface area contributed by atoms with Crippen molar-refractivity contribution in [2.75, 3.05) is 6.61 Å². The van der Waals surface area contributed by atoms with E-state index >= 15 is 0 Å². The zero-order chi connectivity index (χ0) is 16.6. The van der Waals surface area contributed by atoms with Gasteiger partial charge in [-0.2, -0.15) is 4.99 Å². The lowest BCUT2D eigenvalue weighted by Crippen LogP contribution is -2.23. The fraction of sp³-hybridized carbons (Fsp3) is 0.438. The molecular formula is C16H17ClN2O3S. The van der Waals surface area contributed by atoms with Crippen LogP contribution in [0.15, 0.2) is 17.1 Å². The van der Waals surface area contributed by atoms with Gasteiger partial charge in [0.15, 0.2) is 4.80 Å². The lowest BCUT2D eigenvalue weighted by Gasteiger charge is -2.07. The van der Waals surface area contributed by atoms with Crippen LogP contribution in [-0.4, -0.2) is 23.1 Å². The highest BCUT2D eigenvalue weighted by Crippen LogP contribution is 2.30. The Balaban J connectivity index is 2.15. The van der Waals surface area contributed by atoms with E-state index < -0.39 is 0 Å². The number of halogens is 1. The molecule has 1 heterocycles. The van der Waals surface area contributed by atoms with Gasteiger partial charge in [0.1, 0.15) is 6.54 Å². The minimum atomic E-state index is -0.355. The van der Waals surface area contributed by atoms with E-state index in [0.717, 1.165) is 28.6 Å². The molecular weight excluding hydrogens is 336 g/mol. The predicted molar refractivity (Wildman–Crippen MR) is 89.5 cm³/mol. The highest BCUT2D eigenvalue weighted by Gasteiger charge is 2.29. The van der Waals surface area contributed by atoms with Crippen molar-refractivity contribution in [3.63, 3.8) is 0 Å². The van der Waals surface area contributed by atoms with Gasteiger partial charge in [-0.25, -0.2) is 0 Å². The third kappa shape index (κ3) is 3.33. The van der Waals surface area contributed by atoms with Crippen LogP contribution in [0.25, 0.3) is 10.2 Å². The molecule has 0 spiro atoms. The van der Waals surface area contributed by atoms with Crippen molar-refractivity contribution in [3.8, 4) is 0 Å². The lowest BCUT2D eigenvalue weighted by molar-refractivity contribution is -0.143. The van der Waals surface area contributed by atoms with Gasteiger partial charge in [0.05, 0.1) is 16.8 Å². The first-order chi connectivity index (χ1) is 11.0. The monoisotopic (exact) mass is 352 g/mol. The van der Waals surface area contributed by atoms with Crippen LogP contribution in [0, 0.1) is 12.8 Å². The largest absolute Gasteiger partial charge is 0.465 e. The summed E-state index contributed by atoms with van der Waals surface area (Å²) < 4.78 is 7.72. The van der Waals surface area contributed by atoms with E-state index in [-0.39, 0.29) is 24.3 Å². The Kier molecular flexibility index (Phi) is 4.55. The maximum atomic E-state index is 12.1. The molecule has 1 amide bonds. The minimum Gasteiger partial charge on any atom is -0.465 e. The SMILES string of the molecule is CCOC(=O)Cn1c(=NC(=O)C2CC2)sc2ccc(Cl)c(C)c21. The second kappa shape index (κ2) is 6.45. The molecule has 122 valence electrons. The van der Waals surface area contributed by atoms with Gasteiger partial charge in [0.25, 0.3) is 5.91 Å². The normalized spacial score (nSPS) is 15.2. The van der Waals surface area contributed by atoms with Gasteiger partial charge in [-0.15, -0.1) is 0 Å². The van der Waals surface area contributed by atoms with Gasteiger partial charge in [0.2, 0.25) is 0 Å². The molecule has 2 aromatic rings. The molecule has 0 atom stereocenters. The Morgan fingerprint density at radius 3 is 2.83 bits per heavy atom. The van der Waals surface area contributed by atoms with E-state index in [1.165, 1.54) is 11.3 Å². The van der Waals surface area contributed by atoms with Gasteiger partial charge < -0.3 is 9.30 Å². The Hall–Kier alpha value is -1.66. The highest BCUT2D eigenvalue weighted by atomic mass is 35.5. The summed E-state index contributed by atoms with van der Waals surface area (Å²) in [5.74, 6) is -0.425. The molecule has 1 fully saturated rings. The standard InChI is InChI=1S/C16H17ClN2O3S/c1-3-22-13(20)8-19-14-9(2)11(17)6-7-12(14)23-16(19)18-15(21)10-4-5-10/h6-7,10H,3-5,8H2,1-2H3. The van der Waals surface area contributed by atoms with Gasteiger partial charge in [-0.1, -0.05) is 22.9 Å². The van der Waals surface area contributed by atoms with Crippen molar-refractivity contribution < 1.29 is 14.3 Å². The number of carbonyl (C=O) groups is 2. The molecule has 0 bridgehead atoms. The molecule has 3 rings (SSSR count). The van der Waals surface area contributed by atoms with Crippen molar-refractivity contribution in [1.82, 2.24) is 4.57 Å². The molecule has 0 aliphatic heterocycles. The summed E-state index contributed by atoms with van der Waals surface area (Å²) in [7, 11) is 0. The average molecular weight is 353 g/mol. The second-order valence-corrected chi connectivity index (χ2v) is 6.94. The number of amides is 1. The Morgan fingerprint density at radius 1 is 1.43 bits per heavy atom. The first-order valence-electron chi connectivity index (χ1n) is 7.54. The van der Waals surface area contributed by atoms with Gasteiger partial charge in [-0.3, -0.25) is 9.59 Å². The molecule has 1 aromatic heterocycles. The van der Waals surface area contributed by atoms with E-state index in [4.69, 9.17) is 16.3 Å². The van der Waals surface area contributed by atoms with Crippen LogP contribution >= 0.6 is 22.9 Å². The van der Waals surface area contributed by atoms with Crippen molar-refractivity contribution in [1.29, 1.82) is 0 Å². The number of aryl methyl sites for hydroxylation is 1. The maximum Gasteiger partial charge on any atom is 0.326 e. The van der Waals surface area contributed by atoms with Crippen LogP contribution in [0.3, 0.4) is 0 Å². The molecule has 0 N–H and O–H groups in total. The quantitative estimate of drug-likeness (QED) is 0.794. The van der Waals surface area contributed by atoms with Gasteiger partial charge in [-0.05, 0) is 44.4 Å². The maximum absolute atomic E-state index is 12.1. The predicted octanol–water partition coefficient (Wildman–Crippen LogP) is 3.07. The fourth-order valence-corrected chi connectivity index (χ4v) is 3.65. The van der Waals surface area contributed by atoms with Crippen molar-refractivity contribution in [2.45, 2.75) is 33.2 Å². The summed E-state index contributed by atoms with van der Waals surface area (Å²) in [4.78, 5) is 28.7. The summed E-state index contributed by atoms with van der Waals surface area (Å²) in [6.07, 6.45) is 1.80. The van der Waals surface area contributed by atoms with Gasteiger partial charge in [0, 0.05) is 10.9 Å². The summed E-state index contributed by atoms with van der Waals surface area (Å²) in [5.41, 5.74) is 1.70. The molecule has 0 unspecified atom stereocenters.